The van der Waals surface area contributed by atoms with Crippen LogP contribution in [0.15, 0.2) is 23.8 Å². The van der Waals surface area contributed by atoms with Crippen LogP contribution in [0.2, 0.25) is 25.7 Å². The van der Waals surface area contributed by atoms with Crippen molar-refractivity contribution in [1.82, 2.24) is 0 Å². The second-order valence-corrected chi connectivity index (χ2v) is 13.4. The molecule has 0 radical (unpaired) electrons. The first-order valence-electron chi connectivity index (χ1n) is 9.14. The van der Waals surface area contributed by atoms with E-state index in [1.807, 2.05) is 37.2 Å². The van der Waals surface area contributed by atoms with Gasteiger partial charge in [0.1, 0.15) is 0 Å². The van der Waals surface area contributed by atoms with E-state index >= 15 is 0 Å². The average molecular weight is 393 g/mol. The first kappa shape index (κ1) is 22.8. The molecular formula is C20H32N2O4Si. The first-order valence-corrected chi connectivity index (χ1v) is 12.8. The zero-order valence-corrected chi connectivity index (χ0v) is 18.5. The maximum atomic E-state index is 12.2. The molecule has 0 spiro atoms. The Labute approximate surface area is 163 Å². The van der Waals surface area contributed by atoms with E-state index in [1.165, 1.54) is 0 Å². The molecule has 0 unspecified atom stereocenters. The van der Waals surface area contributed by atoms with E-state index in [9.17, 15) is 9.59 Å². The highest BCUT2D eigenvalue weighted by molar-refractivity contribution is 6.76. The number of hydrogen-bond acceptors (Lipinski definition) is 5. The fourth-order valence-electron chi connectivity index (χ4n) is 2.19. The van der Waals surface area contributed by atoms with Gasteiger partial charge in [-0.3, -0.25) is 5.32 Å². The second-order valence-electron chi connectivity index (χ2n) is 7.79. The molecule has 0 heterocycles. The van der Waals surface area contributed by atoms with Gasteiger partial charge in [-0.15, -0.1) is 0 Å². The van der Waals surface area contributed by atoms with E-state index in [1.54, 1.807) is 19.9 Å². The molecule has 1 amide bonds. The lowest BCUT2D eigenvalue weighted by Gasteiger charge is -2.18. The van der Waals surface area contributed by atoms with Gasteiger partial charge < -0.3 is 14.4 Å². The van der Waals surface area contributed by atoms with Crippen molar-refractivity contribution in [3.8, 4) is 0 Å². The van der Waals surface area contributed by atoms with Gasteiger partial charge in [0, 0.05) is 33.4 Å². The molecule has 0 aromatic heterocycles. The van der Waals surface area contributed by atoms with Crippen LogP contribution in [0.5, 0.6) is 0 Å². The normalized spacial score (nSPS) is 11.7. The van der Waals surface area contributed by atoms with Crippen molar-refractivity contribution in [2.75, 3.05) is 37.5 Å². The van der Waals surface area contributed by atoms with Crippen molar-refractivity contribution in [2.24, 2.45) is 0 Å². The van der Waals surface area contributed by atoms with Crippen LogP contribution in [0.4, 0.5) is 16.2 Å². The Kier molecular flexibility index (Phi) is 8.56. The van der Waals surface area contributed by atoms with Crippen molar-refractivity contribution in [1.29, 1.82) is 0 Å². The summed E-state index contributed by atoms with van der Waals surface area (Å²) in [4.78, 5) is 26.0. The number of hydrogen-bond donors (Lipinski definition) is 1. The summed E-state index contributed by atoms with van der Waals surface area (Å²) >= 11 is 0. The third-order valence-corrected chi connectivity index (χ3v) is 5.55. The van der Waals surface area contributed by atoms with Crippen LogP contribution < -0.4 is 10.2 Å². The van der Waals surface area contributed by atoms with Gasteiger partial charge in [-0.05, 0) is 43.7 Å². The average Bonchev–Trinajstić information content (AvgIpc) is 2.55. The van der Waals surface area contributed by atoms with Gasteiger partial charge in [-0.2, -0.15) is 0 Å². The molecule has 0 fully saturated rings. The number of esters is 1. The van der Waals surface area contributed by atoms with Gasteiger partial charge in [0.15, 0.2) is 0 Å². The third kappa shape index (κ3) is 8.30. The largest absolute Gasteiger partial charge is 0.463 e. The minimum absolute atomic E-state index is 0.318. The van der Waals surface area contributed by atoms with Crippen molar-refractivity contribution in [3.63, 3.8) is 0 Å². The Balaban J connectivity index is 3.00. The monoisotopic (exact) mass is 392 g/mol. The summed E-state index contributed by atoms with van der Waals surface area (Å²) in [5.41, 5.74) is 2.69. The molecule has 6 nitrogen and oxygen atoms in total. The molecule has 1 rings (SSSR count). The summed E-state index contributed by atoms with van der Waals surface area (Å²) in [5.74, 6) is -0.377. The summed E-state index contributed by atoms with van der Waals surface area (Å²) in [5, 5.41) is 2.80. The third-order valence-electron chi connectivity index (χ3n) is 3.84. The molecule has 0 aliphatic carbocycles. The number of nitrogens with one attached hydrogen (secondary N) is 1. The Morgan fingerprint density at radius 1 is 1.19 bits per heavy atom. The number of carbonyl (C=O) groups excluding carboxylic acids is 2. The van der Waals surface area contributed by atoms with Crippen LogP contribution in [0.25, 0.3) is 6.08 Å². The summed E-state index contributed by atoms with van der Waals surface area (Å²) < 4.78 is 10.3. The van der Waals surface area contributed by atoms with E-state index in [4.69, 9.17) is 9.47 Å². The zero-order chi connectivity index (χ0) is 20.6. The van der Waals surface area contributed by atoms with E-state index in [0.29, 0.717) is 30.0 Å². The van der Waals surface area contributed by atoms with Gasteiger partial charge in [0.05, 0.1) is 18.9 Å². The topological polar surface area (TPSA) is 67.9 Å². The molecule has 0 aliphatic rings. The van der Waals surface area contributed by atoms with Gasteiger partial charge in [-0.1, -0.05) is 25.7 Å². The molecule has 7 heteroatoms. The molecule has 0 saturated carbocycles. The molecule has 1 aromatic rings. The Hall–Kier alpha value is -2.28. The Morgan fingerprint density at radius 3 is 2.41 bits per heavy atom. The van der Waals surface area contributed by atoms with Crippen LogP contribution in [0, 0.1) is 0 Å². The lowest BCUT2D eigenvalue weighted by molar-refractivity contribution is -0.138. The highest BCUT2D eigenvalue weighted by Crippen LogP contribution is 2.25. The van der Waals surface area contributed by atoms with Crippen LogP contribution in [-0.4, -0.2) is 47.4 Å². The SMILES string of the molecule is CCOC(=O)/C(C)=C/c1ccc(N(C)C)cc1NC(=O)OCC[Si](C)(C)C. The quantitative estimate of drug-likeness (QED) is 0.398. The van der Waals surface area contributed by atoms with E-state index in [0.717, 1.165) is 11.7 Å². The second kappa shape index (κ2) is 10.2. The van der Waals surface area contributed by atoms with Gasteiger partial charge in [-0.25, -0.2) is 9.59 Å². The van der Waals surface area contributed by atoms with Crippen molar-refractivity contribution < 1.29 is 19.1 Å². The summed E-state index contributed by atoms with van der Waals surface area (Å²) in [6.07, 6.45) is 1.21. The molecule has 27 heavy (non-hydrogen) atoms. The molecule has 150 valence electrons. The maximum Gasteiger partial charge on any atom is 0.411 e. The molecule has 0 aliphatic heterocycles. The van der Waals surface area contributed by atoms with Crippen LogP contribution in [-0.2, 0) is 14.3 Å². The molecular weight excluding hydrogens is 360 g/mol. The lowest BCUT2D eigenvalue weighted by atomic mass is 10.1. The smallest absolute Gasteiger partial charge is 0.411 e. The highest BCUT2D eigenvalue weighted by Gasteiger charge is 2.15. The molecule has 1 aromatic carbocycles. The summed E-state index contributed by atoms with van der Waals surface area (Å²) in [6, 6.07) is 6.54. The number of ether oxygens (including phenoxy) is 2. The highest BCUT2D eigenvalue weighted by atomic mass is 28.3. The van der Waals surface area contributed by atoms with E-state index < -0.39 is 14.2 Å². The number of rotatable bonds is 8. The minimum Gasteiger partial charge on any atom is -0.463 e. The van der Waals surface area contributed by atoms with E-state index in [2.05, 4.69) is 25.0 Å². The van der Waals surface area contributed by atoms with Crippen LogP contribution >= 0.6 is 0 Å². The fraction of sp³-hybridized carbons (Fsp3) is 0.500. The predicted molar refractivity (Wildman–Crippen MR) is 114 cm³/mol. The Morgan fingerprint density at radius 2 is 1.85 bits per heavy atom. The van der Waals surface area contributed by atoms with Gasteiger partial charge in [0.2, 0.25) is 0 Å². The van der Waals surface area contributed by atoms with Crippen molar-refractivity contribution in [2.45, 2.75) is 39.5 Å². The summed E-state index contributed by atoms with van der Waals surface area (Å²) in [6.45, 7) is 10.9. The van der Waals surface area contributed by atoms with Gasteiger partial charge >= 0.3 is 12.1 Å². The number of carbonyl (C=O) groups is 2. The van der Waals surface area contributed by atoms with Crippen molar-refractivity contribution >= 4 is 37.6 Å². The van der Waals surface area contributed by atoms with Crippen molar-refractivity contribution in [3.05, 3.63) is 29.3 Å². The van der Waals surface area contributed by atoms with E-state index in [-0.39, 0.29) is 5.97 Å². The lowest BCUT2D eigenvalue weighted by Crippen LogP contribution is -2.24. The summed E-state index contributed by atoms with van der Waals surface area (Å²) in [7, 11) is 2.58. The number of benzene rings is 1. The Bertz CT molecular complexity index is 694. The minimum atomic E-state index is -1.27. The molecule has 0 atom stereocenters. The number of anilines is 2. The number of nitrogens with zero attached hydrogens (tertiary/aromatic N) is 1. The van der Waals surface area contributed by atoms with Crippen LogP contribution in [0.1, 0.15) is 19.4 Å². The fourth-order valence-corrected chi connectivity index (χ4v) is 2.90. The predicted octanol–water partition coefficient (Wildman–Crippen LogP) is 4.61. The van der Waals surface area contributed by atoms with Crippen LogP contribution in [0.3, 0.4) is 0 Å². The zero-order valence-electron chi connectivity index (χ0n) is 17.5. The molecule has 0 bridgehead atoms. The molecule has 1 N–H and O–H groups in total. The maximum absolute atomic E-state index is 12.2. The molecule has 0 saturated heterocycles. The van der Waals surface area contributed by atoms with Gasteiger partial charge in [0.25, 0.3) is 0 Å². The number of amides is 1. The first-order chi connectivity index (χ1) is 12.5. The standard InChI is InChI=1S/C20H32N2O4Si/c1-8-25-19(23)15(2)13-16-9-10-17(22(3)4)14-18(16)21-20(24)26-11-12-27(5,6)7/h9-10,13-14H,8,11-12H2,1-7H3,(H,21,24)/b15-13+.